The zero-order chi connectivity index (χ0) is 16.3. The number of rotatable bonds is 7. The summed E-state index contributed by atoms with van der Waals surface area (Å²) in [5.74, 6) is 1.67. The van der Waals surface area contributed by atoms with Gasteiger partial charge in [-0.2, -0.15) is 0 Å². The van der Waals surface area contributed by atoms with Crippen LogP contribution in [0.3, 0.4) is 0 Å². The fourth-order valence-electron chi connectivity index (χ4n) is 2.12. The first kappa shape index (κ1) is 16.8. The number of hydrogen-bond acceptors (Lipinski definition) is 3. The monoisotopic (exact) mass is 312 g/mol. The summed E-state index contributed by atoms with van der Waals surface area (Å²) in [7, 11) is 1.76. The van der Waals surface area contributed by atoms with Gasteiger partial charge in [0.05, 0.1) is 6.54 Å². The summed E-state index contributed by atoms with van der Waals surface area (Å²) in [4.78, 5) is 8.49. The highest BCUT2D eigenvalue weighted by molar-refractivity contribution is 5.79. The van der Waals surface area contributed by atoms with Crippen molar-refractivity contribution in [1.29, 1.82) is 0 Å². The zero-order valence-corrected chi connectivity index (χ0v) is 13.7. The highest BCUT2D eigenvalue weighted by Gasteiger charge is 1.99. The molecule has 1 aromatic carbocycles. The number of ether oxygens (including phenoxy) is 1. The quantitative estimate of drug-likeness (QED) is 0.467. The van der Waals surface area contributed by atoms with Crippen LogP contribution in [0.25, 0.3) is 0 Å². The summed E-state index contributed by atoms with van der Waals surface area (Å²) in [5.41, 5.74) is 2.26. The number of nitrogens with zero attached hydrogens (tertiary/aromatic N) is 2. The molecule has 2 N–H and O–H groups in total. The number of aliphatic imine (C=N–C) groups is 1. The molecular weight excluding hydrogens is 288 g/mol. The first-order chi connectivity index (χ1) is 11.3. The highest BCUT2D eigenvalue weighted by Crippen LogP contribution is 2.11. The van der Waals surface area contributed by atoms with Crippen molar-refractivity contribution in [3.8, 4) is 5.75 Å². The number of hydrogen-bond donors (Lipinski definition) is 2. The van der Waals surface area contributed by atoms with Crippen molar-refractivity contribution in [2.24, 2.45) is 4.99 Å². The smallest absolute Gasteiger partial charge is 0.191 e. The Labute approximate surface area is 137 Å². The molecular formula is C18H24N4O. The van der Waals surface area contributed by atoms with E-state index in [1.807, 2.05) is 42.6 Å². The molecule has 2 aromatic rings. The van der Waals surface area contributed by atoms with E-state index in [4.69, 9.17) is 4.74 Å². The van der Waals surface area contributed by atoms with Crippen LogP contribution in [0.5, 0.6) is 5.75 Å². The minimum absolute atomic E-state index is 0.588. The maximum atomic E-state index is 5.70. The van der Waals surface area contributed by atoms with Crippen molar-refractivity contribution < 1.29 is 4.74 Å². The lowest BCUT2D eigenvalue weighted by atomic mass is 10.2. The molecule has 0 spiro atoms. The summed E-state index contributed by atoms with van der Waals surface area (Å²) in [6.07, 6.45) is 2.67. The first-order valence-electron chi connectivity index (χ1n) is 7.82. The fourth-order valence-corrected chi connectivity index (χ4v) is 2.12. The van der Waals surface area contributed by atoms with Gasteiger partial charge in [-0.25, -0.2) is 0 Å². The molecule has 0 aliphatic rings. The summed E-state index contributed by atoms with van der Waals surface area (Å²) < 4.78 is 5.70. The Morgan fingerprint density at radius 2 is 2.00 bits per heavy atom. The van der Waals surface area contributed by atoms with Crippen LogP contribution < -0.4 is 15.4 Å². The van der Waals surface area contributed by atoms with Crippen molar-refractivity contribution in [2.75, 3.05) is 26.7 Å². The molecule has 0 atom stereocenters. The standard InChI is InChI=1S/C18H24N4O/c1-15-6-5-8-17(14-15)23-13-12-22-18(19-2)21-11-9-16-7-3-4-10-20-16/h3-8,10,14H,9,11-13H2,1-2H3,(H2,19,21,22). The second-order valence-electron chi connectivity index (χ2n) is 5.16. The van der Waals surface area contributed by atoms with Crippen LogP contribution in [0.2, 0.25) is 0 Å². The van der Waals surface area contributed by atoms with Crippen LogP contribution >= 0.6 is 0 Å². The molecule has 122 valence electrons. The molecule has 5 nitrogen and oxygen atoms in total. The third kappa shape index (κ3) is 6.38. The number of guanidine groups is 1. The van der Waals surface area contributed by atoms with Crippen LogP contribution in [0.4, 0.5) is 0 Å². The predicted molar refractivity (Wildman–Crippen MR) is 94.0 cm³/mol. The van der Waals surface area contributed by atoms with Gasteiger partial charge in [0.1, 0.15) is 12.4 Å². The van der Waals surface area contributed by atoms with E-state index in [0.717, 1.165) is 30.4 Å². The number of aryl methyl sites for hydroxylation is 1. The van der Waals surface area contributed by atoms with Crippen molar-refractivity contribution in [2.45, 2.75) is 13.3 Å². The topological polar surface area (TPSA) is 58.5 Å². The summed E-state index contributed by atoms with van der Waals surface area (Å²) in [6, 6.07) is 14.0. The first-order valence-corrected chi connectivity index (χ1v) is 7.82. The van der Waals surface area contributed by atoms with E-state index in [0.29, 0.717) is 13.2 Å². The third-order valence-electron chi connectivity index (χ3n) is 3.28. The lowest BCUT2D eigenvalue weighted by Crippen LogP contribution is -2.40. The van der Waals surface area contributed by atoms with E-state index in [9.17, 15) is 0 Å². The average molecular weight is 312 g/mol. The summed E-state index contributed by atoms with van der Waals surface area (Å²) in [6.45, 7) is 4.12. The van der Waals surface area contributed by atoms with Gasteiger partial charge in [-0.3, -0.25) is 9.98 Å². The molecule has 2 rings (SSSR count). The van der Waals surface area contributed by atoms with E-state index in [1.54, 1.807) is 7.05 Å². The van der Waals surface area contributed by atoms with Gasteiger partial charge < -0.3 is 15.4 Å². The fraction of sp³-hybridized carbons (Fsp3) is 0.333. The van der Waals surface area contributed by atoms with Gasteiger partial charge in [-0.15, -0.1) is 0 Å². The van der Waals surface area contributed by atoms with Gasteiger partial charge in [-0.05, 0) is 36.8 Å². The van der Waals surface area contributed by atoms with Crippen molar-refractivity contribution in [3.05, 3.63) is 59.9 Å². The Morgan fingerprint density at radius 1 is 1.13 bits per heavy atom. The van der Waals surface area contributed by atoms with E-state index in [-0.39, 0.29) is 0 Å². The van der Waals surface area contributed by atoms with Gasteiger partial charge in [0.2, 0.25) is 0 Å². The van der Waals surface area contributed by atoms with Crippen molar-refractivity contribution in [3.63, 3.8) is 0 Å². The second-order valence-corrected chi connectivity index (χ2v) is 5.16. The van der Waals surface area contributed by atoms with Crippen LogP contribution in [0.15, 0.2) is 53.7 Å². The van der Waals surface area contributed by atoms with E-state index in [1.165, 1.54) is 5.56 Å². The molecule has 0 saturated heterocycles. The van der Waals surface area contributed by atoms with Crippen molar-refractivity contribution in [1.82, 2.24) is 15.6 Å². The summed E-state index contributed by atoms with van der Waals surface area (Å²) >= 11 is 0. The number of nitrogens with one attached hydrogen (secondary N) is 2. The molecule has 5 heteroatoms. The molecule has 1 aromatic heterocycles. The van der Waals surface area contributed by atoms with Crippen LogP contribution in [0.1, 0.15) is 11.3 Å². The SMILES string of the molecule is CN=C(NCCOc1cccc(C)c1)NCCc1ccccn1. The molecule has 0 aliphatic heterocycles. The molecule has 0 saturated carbocycles. The minimum Gasteiger partial charge on any atom is -0.492 e. The largest absolute Gasteiger partial charge is 0.492 e. The molecule has 0 fully saturated rings. The van der Waals surface area contributed by atoms with Crippen LogP contribution in [-0.4, -0.2) is 37.7 Å². The van der Waals surface area contributed by atoms with Gasteiger partial charge >= 0.3 is 0 Å². The van der Waals surface area contributed by atoms with Crippen LogP contribution in [0, 0.1) is 6.92 Å². The number of aromatic nitrogens is 1. The molecule has 0 amide bonds. The Balaban J connectivity index is 1.63. The number of benzene rings is 1. The molecule has 0 radical (unpaired) electrons. The van der Waals surface area contributed by atoms with E-state index < -0.39 is 0 Å². The van der Waals surface area contributed by atoms with Gasteiger partial charge in [-0.1, -0.05) is 18.2 Å². The van der Waals surface area contributed by atoms with Crippen LogP contribution in [-0.2, 0) is 6.42 Å². The Morgan fingerprint density at radius 3 is 2.74 bits per heavy atom. The molecule has 1 heterocycles. The Hall–Kier alpha value is -2.56. The van der Waals surface area contributed by atoms with Gasteiger partial charge in [0, 0.05) is 31.9 Å². The van der Waals surface area contributed by atoms with E-state index in [2.05, 4.69) is 33.6 Å². The van der Waals surface area contributed by atoms with Gasteiger partial charge in [0.25, 0.3) is 0 Å². The average Bonchev–Trinajstić information content (AvgIpc) is 2.58. The molecule has 0 aliphatic carbocycles. The Kier molecular flexibility index (Phi) is 6.91. The second kappa shape index (κ2) is 9.46. The third-order valence-corrected chi connectivity index (χ3v) is 3.28. The molecule has 23 heavy (non-hydrogen) atoms. The molecule has 0 unspecified atom stereocenters. The maximum Gasteiger partial charge on any atom is 0.191 e. The lowest BCUT2D eigenvalue weighted by Gasteiger charge is -2.12. The molecule has 0 bridgehead atoms. The normalized spacial score (nSPS) is 11.1. The van der Waals surface area contributed by atoms with Gasteiger partial charge in [0.15, 0.2) is 5.96 Å². The minimum atomic E-state index is 0.588. The highest BCUT2D eigenvalue weighted by atomic mass is 16.5. The van der Waals surface area contributed by atoms with E-state index >= 15 is 0 Å². The Bertz CT molecular complexity index is 613. The lowest BCUT2D eigenvalue weighted by molar-refractivity contribution is 0.321. The maximum absolute atomic E-state index is 5.70. The zero-order valence-electron chi connectivity index (χ0n) is 13.7. The predicted octanol–water partition coefficient (Wildman–Crippen LogP) is 2.18. The van der Waals surface area contributed by atoms with Crippen molar-refractivity contribution >= 4 is 5.96 Å². The number of pyridine rings is 1. The summed E-state index contributed by atoms with van der Waals surface area (Å²) in [5, 5.41) is 6.50.